The van der Waals surface area contributed by atoms with Gasteiger partial charge >= 0.3 is 0 Å². The van der Waals surface area contributed by atoms with E-state index in [-0.39, 0.29) is 5.91 Å². The molecular weight excluding hydrogens is 322 g/mol. The maximum absolute atomic E-state index is 13.3. The third kappa shape index (κ3) is 2.86. The van der Waals surface area contributed by atoms with Gasteiger partial charge in [0, 0.05) is 16.8 Å². The highest BCUT2D eigenvalue weighted by molar-refractivity contribution is 6.00. The van der Waals surface area contributed by atoms with Gasteiger partial charge in [0.2, 0.25) is 5.91 Å². The van der Waals surface area contributed by atoms with Crippen molar-refractivity contribution in [2.24, 2.45) is 0 Å². The van der Waals surface area contributed by atoms with Gasteiger partial charge in [0.15, 0.2) is 0 Å². The number of carbonyl (C=O) groups is 1. The first-order valence-electron chi connectivity index (χ1n) is 8.90. The van der Waals surface area contributed by atoms with Crippen LogP contribution in [0.15, 0.2) is 72.8 Å². The molecule has 0 saturated carbocycles. The molecule has 0 aromatic heterocycles. The predicted octanol–water partition coefficient (Wildman–Crippen LogP) is 5.69. The maximum atomic E-state index is 13.3. The standard InChI is InChI=1S/C23H21NO2/c1-15(2)16-9-3-6-12-19(16)24-23(25)22-17-10-4-7-13-20(17)26-21-14-8-5-11-18(21)22/h3-15,22H,1-2H3,(H,24,25). The van der Waals surface area contributed by atoms with E-state index in [9.17, 15) is 4.79 Å². The van der Waals surface area contributed by atoms with Gasteiger partial charge in [-0.25, -0.2) is 0 Å². The lowest BCUT2D eigenvalue weighted by molar-refractivity contribution is -0.116. The third-order valence-electron chi connectivity index (χ3n) is 4.78. The Morgan fingerprint density at radius 2 is 1.38 bits per heavy atom. The lowest BCUT2D eigenvalue weighted by Gasteiger charge is -2.27. The zero-order chi connectivity index (χ0) is 18.1. The quantitative estimate of drug-likeness (QED) is 0.664. The van der Waals surface area contributed by atoms with Gasteiger partial charge in [-0.2, -0.15) is 0 Å². The molecule has 130 valence electrons. The monoisotopic (exact) mass is 343 g/mol. The van der Waals surface area contributed by atoms with Crippen molar-refractivity contribution in [3.8, 4) is 11.5 Å². The van der Waals surface area contributed by atoms with Gasteiger partial charge in [-0.3, -0.25) is 4.79 Å². The maximum Gasteiger partial charge on any atom is 0.236 e. The molecule has 3 aromatic carbocycles. The van der Waals surface area contributed by atoms with Gasteiger partial charge in [0.1, 0.15) is 11.5 Å². The molecule has 1 amide bonds. The number of anilines is 1. The largest absolute Gasteiger partial charge is 0.457 e. The van der Waals surface area contributed by atoms with Gasteiger partial charge in [-0.05, 0) is 29.7 Å². The molecule has 0 saturated heterocycles. The number of benzene rings is 3. The Morgan fingerprint density at radius 3 is 2.00 bits per heavy atom. The highest BCUT2D eigenvalue weighted by Gasteiger charge is 2.32. The van der Waals surface area contributed by atoms with Crippen LogP contribution in [0.4, 0.5) is 5.69 Å². The number of para-hydroxylation sites is 3. The fourth-order valence-corrected chi connectivity index (χ4v) is 3.51. The summed E-state index contributed by atoms with van der Waals surface area (Å²) in [7, 11) is 0. The molecule has 1 aliphatic rings. The smallest absolute Gasteiger partial charge is 0.236 e. The van der Waals surface area contributed by atoms with E-state index >= 15 is 0 Å². The third-order valence-corrected chi connectivity index (χ3v) is 4.78. The molecule has 0 bridgehead atoms. The number of rotatable bonds is 3. The van der Waals surface area contributed by atoms with Crippen molar-refractivity contribution in [2.45, 2.75) is 25.7 Å². The van der Waals surface area contributed by atoms with Crippen LogP contribution in [0.25, 0.3) is 0 Å². The zero-order valence-corrected chi connectivity index (χ0v) is 14.9. The zero-order valence-electron chi connectivity index (χ0n) is 14.9. The molecule has 0 spiro atoms. The van der Waals surface area contributed by atoms with Gasteiger partial charge in [-0.15, -0.1) is 0 Å². The molecule has 1 heterocycles. The SMILES string of the molecule is CC(C)c1ccccc1NC(=O)C1c2ccccc2Oc2ccccc21. The van der Waals surface area contributed by atoms with Crippen molar-refractivity contribution in [1.29, 1.82) is 0 Å². The number of ether oxygens (including phenoxy) is 1. The molecule has 0 atom stereocenters. The summed E-state index contributed by atoms with van der Waals surface area (Å²) in [6.07, 6.45) is 0. The number of hydrogen-bond acceptors (Lipinski definition) is 2. The molecule has 0 aliphatic carbocycles. The molecule has 0 fully saturated rings. The summed E-state index contributed by atoms with van der Waals surface area (Å²) in [6.45, 7) is 4.26. The van der Waals surface area contributed by atoms with E-state index in [2.05, 4.69) is 25.2 Å². The number of nitrogens with one attached hydrogen (secondary N) is 1. The van der Waals surface area contributed by atoms with E-state index in [0.717, 1.165) is 33.9 Å². The van der Waals surface area contributed by atoms with E-state index in [4.69, 9.17) is 4.74 Å². The molecular formula is C23H21NO2. The Morgan fingerprint density at radius 1 is 0.846 bits per heavy atom. The van der Waals surface area contributed by atoms with Crippen LogP contribution < -0.4 is 10.1 Å². The predicted molar refractivity (Wildman–Crippen MR) is 104 cm³/mol. The van der Waals surface area contributed by atoms with Crippen LogP contribution >= 0.6 is 0 Å². The Bertz CT molecular complexity index is 916. The summed E-state index contributed by atoms with van der Waals surface area (Å²) in [6, 6.07) is 23.5. The van der Waals surface area contributed by atoms with E-state index in [0.29, 0.717) is 5.92 Å². The number of amides is 1. The van der Waals surface area contributed by atoms with Gasteiger partial charge < -0.3 is 10.1 Å². The number of hydrogen-bond donors (Lipinski definition) is 1. The van der Waals surface area contributed by atoms with E-state index in [1.165, 1.54) is 0 Å². The first-order valence-corrected chi connectivity index (χ1v) is 8.90. The van der Waals surface area contributed by atoms with Crippen LogP contribution in [0.1, 0.15) is 42.4 Å². The lowest BCUT2D eigenvalue weighted by atomic mass is 9.87. The van der Waals surface area contributed by atoms with Crippen LogP contribution in [0.3, 0.4) is 0 Å². The molecule has 3 aromatic rings. The summed E-state index contributed by atoms with van der Waals surface area (Å²) in [5.41, 5.74) is 3.79. The van der Waals surface area contributed by atoms with Crippen LogP contribution in [-0.4, -0.2) is 5.91 Å². The van der Waals surface area contributed by atoms with Crippen LogP contribution in [0.5, 0.6) is 11.5 Å². The normalized spacial score (nSPS) is 12.9. The summed E-state index contributed by atoms with van der Waals surface area (Å²) in [5, 5.41) is 3.15. The topological polar surface area (TPSA) is 38.3 Å². The first-order chi connectivity index (χ1) is 12.6. The summed E-state index contributed by atoms with van der Waals surface area (Å²) in [5.74, 6) is 1.38. The van der Waals surface area contributed by atoms with Crippen LogP contribution in [0.2, 0.25) is 0 Å². The fourth-order valence-electron chi connectivity index (χ4n) is 3.51. The van der Waals surface area contributed by atoms with Crippen molar-refractivity contribution < 1.29 is 9.53 Å². The van der Waals surface area contributed by atoms with E-state index in [1.54, 1.807) is 0 Å². The van der Waals surface area contributed by atoms with Crippen LogP contribution in [-0.2, 0) is 4.79 Å². The van der Waals surface area contributed by atoms with Crippen molar-refractivity contribution in [2.75, 3.05) is 5.32 Å². The first kappa shape index (κ1) is 16.4. The van der Waals surface area contributed by atoms with E-state index < -0.39 is 5.92 Å². The molecule has 3 nitrogen and oxygen atoms in total. The fraction of sp³-hybridized carbons (Fsp3) is 0.174. The number of fused-ring (bicyclic) bond motifs is 2. The van der Waals surface area contributed by atoms with E-state index in [1.807, 2.05) is 66.7 Å². The Hall–Kier alpha value is -3.07. The molecule has 4 rings (SSSR count). The molecule has 1 N–H and O–H groups in total. The van der Waals surface area contributed by atoms with Crippen molar-refractivity contribution in [3.05, 3.63) is 89.5 Å². The summed E-state index contributed by atoms with van der Waals surface area (Å²) in [4.78, 5) is 13.3. The Balaban J connectivity index is 1.75. The Kier molecular flexibility index (Phi) is 4.21. The second-order valence-corrected chi connectivity index (χ2v) is 6.84. The molecule has 1 aliphatic heterocycles. The summed E-state index contributed by atoms with van der Waals surface area (Å²) < 4.78 is 5.99. The second-order valence-electron chi connectivity index (χ2n) is 6.84. The van der Waals surface area contributed by atoms with Gasteiger partial charge in [-0.1, -0.05) is 68.4 Å². The van der Waals surface area contributed by atoms with Gasteiger partial charge in [0.25, 0.3) is 0 Å². The molecule has 0 unspecified atom stereocenters. The molecule has 26 heavy (non-hydrogen) atoms. The lowest BCUT2D eigenvalue weighted by Crippen LogP contribution is -2.25. The minimum atomic E-state index is -0.392. The minimum absolute atomic E-state index is 0.0405. The van der Waals surface area contributed by atoms with Crippen molar-refractivity contribution in [1.82, 2.24) is 0 Å². The Labute approximate surface area is 153 Å². The highest BCUT2D eigenvalue weighted by Crippen LogP contribution is 2.44. The average molecular weight is 343 g/mol. The highest BCUT2D eigenvalue weighted by atomic mass is 16.5. The second kappa shape index (κ2) is 6.68. The van der Waals surface area contributed by atoms with Crippen molar-refractivity contribution >= 4 is 11.6 Å². The molecule has 3 heteroatoms. The van der Waals surface area contributed by atoms with Gasteiger partial charge in [0.05, 0.1) is 5.92 Å². The average Bonchev–Trinajstić information content (AvgIpc) is 2.66. The summed E-state index contributed by atoms with van der Waals surface area (Å²) >= 11 is 0. The molecule has 0 radical (unpaired) electrons. The van der Waals surface area contributed by atoms with Crippen LogP contribution in [0, 0.1) is 0 Å². The minimum Gasteiger partial charge on any atom is -0.457 e. The van der Waals surface area contributed by atoms with Crippen molar-refractivity contribution in [3.63, 3.8) is 0 Å². The number of carbonyl (C=O) groups excluding carboxylic acids is 1.